The number of aromatic nitrogens is 4. The molecule has 24 heteroatoms. The topological polar surface area (TPSA) is 241 Å². The summed E-state index contributed by atoms with van der Waals surface area (Å²) in [6.45, 7) is -6.06. The maximum Gasteiger partial charge on any atom is 0.472 e. The number of nitrogens with one attached hydrogen (secondary N) is 1. The van der Waals surface area contributed by atoms with E-state index in [1.54, 1.807) is 36.4 Å². The number of alkyl halides is 2. The van der Waals surface area contributed by atoms with Crippen molar-refractivity contribution in [2.24, 2.45) is 0 Å². The highest BCUT2D eigenvalue weighted by Gasteiger charge is 2.56. The summed E-state index contributed by atoms with van der Waals surface area (Å²) in [4.78, 5) is 36.5. The lowest BCUT2D eigenvalue weighted by Crippen LogP contribution is -2.49. The van der Waals surface area contributed by atoms with E-state index in [9.17, 15) is 23.9 Å². The molecule has 0 spiro atoms. The number of imidazole rings is 1. The number of nitrogens with two attached hydrogens (primary N) is 1. The second-order valence-corrected chi connectivity index (χ2v) is 18.2. The Morgan fingerprint density at radius 1 is 0.929 bits per heavy atom. The predicted octanol–water partition coefficient (Wildman–Crippen LogP) is 4.70. The van der Waals surface area contributed by atoms with E-state index in [2.05, 4.69) is 20.3 Å². The SMILES string of the molecule is Nc1ncnc2c1ncn2[C@@H]1O[C@@H]2COP(=O)(O)O[C@H]3[C@@H](F)[C@H](N4C=CCNC4=O)O[C@@H]3COP(=O)(SCc3ccc(Oc4ccc(O)cc4)cc3)O[C@@H]1[C@@H]2F. The van der Waals surface area contributed by atoms with Crippen LogP contribution in [0.1, 0.15) is 11.8 Å². The second-order valence-electron chi connectivity index (χ2n) is 12.7. The predicted molar refractivity (Wildman–Crippen MR) is 191 cm³/mol. The number of amides is 2. The second kappa shape index (κ2) is 15.6. The summed E-state index contributed by atoms with van der Waals surface area (Å²) in [5.74, 6) is 0.995. The fraction of sp³-hybridized carbons (Fsp3) is 0.375. The number of aromatic hydroxyl groups is 1. The molecule has 56 heavy (non-hydrogen) atoms. The number of carbonyl (C=O) groups excluding carboxylic acids is 1. The molecule has 8 rings (SSSR count). The Labute approximate surface area is 319 Å². The molecule has 5 N–H and O–H groups in total. The quantitative estimate of drug-likeness (QED) is 0.184. The van der Waals surface area contributed by atoms with Crippen molar-refractivity contribution in [3.8, 4) is 17.2 Å². The lowest BCUT2D eigenvalue weighted by atomic mass is 10.1. The molecule has 2 amide bonds. The van der Waals surface area contributed by atoms with Gasteiger partial charge < -0.3 is 35.3 Å². The van der Waals surface area contributed by atoms with Gasteiger partial charge in [-0.3, -0.25) is 27.6 Å². The van der Waals surface area contributed by atoms with Crippen molar-refractivity contribution in [3.63, 3.8) is 0 Å². The molecule has 0 saturated carbocycles. The molecule has 298 valence electrons. The fourth-order valence-electron chi connectivity index (χ4n) is 6.29. The Hall–Kier alpha value is -4.21. The van der Waals surface area contributed by atoms with Crippen molar-refractivity contribution in [3.05, 3.63) is 79.0 Å². The van der Waals surface area contributed by atoms with Gasteiger partial charge in [-0.05, 0) is 59.4 Å². The van der Waals surface area contributed by atoms with Crippen molar-refractivity contribution in [2.45, 2.75) is 55.0 Å². The number of urea groups is 1. The largest absolute Gasteiger partial charge is 0.508 e. The average Bonchev–Trinajstić information content (AvgIpc) is 3.84. The smallest absolute Gasteiger partial charge is 0.472 e. The highest BCUT2D eigenvalue weighted by atomic mass is 32.7. The number of phosphoric ester groups is 1. The highest BCUT2D eigenvalue weighted by molar-refractivity contribution is 8.54. The molecular weight excluding hydrogens is 806 g/mol. The molecule has 0 radical (unpaired) electrons. The van der Waals surface area contributed by atoms with E-state index < -0.39 is 83.1 Å². The first-order chi connectivity index (χ1) is 26.9. The number of rotatable bonds is 7. The third-order valence-corrected chi connectivity index (χ3v) is 13.7. The van der Waals surface area contributed by atoms with Crippen LogP contribution in [-0.4, -0.2) is 103 Å². The van der Waals surface area contributed by atoms with Crippen LogP contribution in [0.2, 0.25) is 0 Å². The van der Waals surface area contributed by atoms with Gasteiger partial charge in [-0.2, -0.15) is 0 Å². The molecule has 10 atom stereocenters. The zero-order chi connectivity index (χ0) is 39.2. The van der Waals surface area contributed by atoms with Crippen LogP contribution in [0.3, 0.4) is 0 Å². The Morgan fingerprint density at radius 3 is 2.39 bits per heavy atom. The molecule has 2 aromatic carbocycles. The number of phosphoric acid groups is 1. The van der Waals surface area contributed by atoms with Crippen LogP contribution in [0.15, 0.2) is 73.5 Å². The number of fused-ring (bicyclic) bond motifs is 4. The molecule has 0 aliphatic carbocycles. The number of ether oxygens (including phenoxy) is 3. The van der Waals surface area contributed by atoms with Crippen LogP contribution < -0.4 is 15.8 Å². The maximum absolute atomic E-state index is 16.5. The monoisotopic (exact) mass is 839 g/mol. The molecular formula is C32H33F2N7O12P2S. The van der Waals surface area contributed by atoms with Crippen molar-refractivity contribution >= 4 is 49.0 Å². The lowest BCUT2D eigenvalue weighted by Gasteiger charge is -2.29. The van der Waals surface area contributed by atoms with Gasteiger partial charge in [-0.15, -0.1) is 0 Å². The van der Waals surface area contributed by atoms with Crippen LogP contribution >= 0.6 is 26.0 Å². The van der Waals surface area contributed by atoms with Gasteiger partial charge in [0.2, 0.25) is 0 Å². The van der Waals surface area contributed by atoms with Gasteiger partial charge in [0.25, 0.3) is 0 Å². The third kappa shape index (κ3) is 7.99. The number of hydrogen-bond donors (Lipinski definition) is 4. The molecule has 3 saturated heterocycles. The van der Waals surface area contributed by atoms with E-state index in [-0.39, 0.29) is 35.0 Å². The molecule has 2 bridgehead atoms. The van der Waals surface area contributed by atoms with Gasteiger partial charge in [0, 0.05) is 18.5 Å². The summed E-state index contributed by atoms with van der Waals surface area (Å²) < 4.78 is 102. The van der Waals surface area contributed by atoms with Gasteiger partial charge in [0.1, 0.15) is 53.5 Å². The van der Waals surface area contributed by atoms with Gasteiger partial charge in [0.15, 0.2) is 36.3 Å². The Bertz CT molecular complexity index is 2210. The minimum atomic E-state index is -5.19. The summed E-state index contributed by atoms with van der Waals surface area (Å²) in [5, 5.41) is 12.1. The number of anilines is 1. The van der Waals surface area contributed by atoms with Crippen LogP contribution in [0.25, 0.3) is 11.2 Å². The Kier molecular flexibility index (Phi) is 10.8. The van der Waals surface area contributed by atoms with Gasteiger partial charge in [-0.1, -0.05) is 12.1 Å². The van der Waals surface area contributed by atoms with Crippen LogP contribution in [0.4, 0.5) is 19.4 Å². The summed E-state index contributed by atoms with van der Waals surface area (Å²) in [5.41, 5.74) is 6.83. The molecule has 19 nitrogen and oxygen atoms in total. The molecule has 4 aliphatic heterocycles. The number of phenolic OH excluding ortho intramolecular Hbond substituents is 1. The van der Waals surface area contributed by atoms with Crippen molar-refractivity contribution in [1.29, 1.82) is 0 Å². The number of benzene rings is 2. The van der Waals surface area contributed by atoms with E-state index in [0.717, 1.165) is 11.2 Å². The molecule has 2 unspecified atom stereocenters. The highest BCUT2D eigenvalue weighted by Crippen LogP contribution is 2.65. The van der Waals surface area contributed by atoms with Gasteiger partial charge in [-0.25, -0.2) is 37.7 Å². The standard InChI is InChI=1S/C32H33F2N7O12P2S/c33-23-21-12-47-54(44,45)52-26-22(51-30(24(26)34)40-11-1-10-36-32(40)43)13-48-55(46,53-27(23)31(50-21)41-16-39-25-28(35)37-15-38-29(25)41)56-14-17-2-6-19(7-3-17)49-20-8-4-18(42)5-9-20/h1-9,11,15-16,21-24,26-27,30-31,42H,10,12-14H2,(H,36,43)(H,44,45)(H2,35,37,38)/t21-,22-,23-,24-,26-,27-,30-,31-,55?/m1/s1. The van der Waals surface area contributed by atoms with Crippen molar-refractivity contribution < 1.29 is 65.0 Å². The zero-order valence-electron chi connectivity index (χ0n) is 28.7. The molecule has 4 aliphatic rings. The molecule has 2 aromatic heterocycles. The normalized spacial score (nSPS) is 33.6. The molecule has 4 aromatic rings. The number of hydrogen-bond acceptors (Lipinski definition) is 16. The number of halogens is 2. The van der Waals surface area contributed by atoms with E-state index in [1.165, 1.54) is 35.3 Å². The van der Waals surface area contributed by atoms with Crippen molar-refractivity contribution in [1.82, 2.24) is 29.7 Å². The first-order valence-electron chi connectivity index (χ1n) is 16.9. The number of carbonyl (C=O) groups is 1. The van der Waals surface area contributed by atoms with Crippen LogP contribution in [0, 0.1) is 0 Å². The first-order valence-corrected chi connectivity index (χ1v) is 21.5. The zero-order valence-corrected chi connectivity index (χ0v) is 31.3. The Balaban J connectivity index is 1.10. The van der Waals surface area contributed by atoms with E-state index >= 15 is 8.78 Å². The van der Waals surface area contributed by atoms with Gasteiger partial charge in [0.05, 0.1) is 19.5 Å². The minimum Gasteiger partial charge on any atom is -0.508 e. The maximum atomic E-state index is 16.5. The molecule has 3 fully saturated rings. The van der Waals surface area contributed by atoms with E-state index in [0.29, 0.717) is 28.4 Å². The molecule has 6 heterocycles. The summed E-state index contributed by atoms with van der Waals surface area (Å²) in [6.07, 6.45) is -9.13. The van der Waals surface area contributed by atoms with Gasteiger partial charge >= 0.3 is 20.7 Å². The number of phenols is 1. The number of nitrogens with zero attached hydrogens (tertiary/aromatic N) is 5. The summed E-state index contributed by atoms with van der Waals surface area (Å²) in [6, 6.07) is 12.1. The summed E-state index contributed by atoms with van der Waals surface area (Å²) in [7, 11) is -5.19. The van der Waals surface area contributed by atoms with Crippen LogP contribution in [-0.2, 0) is 42.5 Å². The average molecular weight is 840 g/mol. The van der Waals surface area contributed by atoms with E-state index in [1.807, 2.05) is 0 Å². The summed E-state index contributed by atoms with van der Waals surface area (Å²) >= 11 is 0.668. The van der Waals surface area contributed by atoms with Crippen molar-refractivity contribution in [2.75, 3.05) is 25.5 Å². The van der Waals surface area contributed by atoms with Crippen LogP contribution in [0.5, 0.6) is 17.2 Å². The first kappa shape index (κ1) is 38.7. The lowest BCUT2D eigenvalue weighted by molar-refractivity contribution is -0.0655. The minimum absolute atomic E-state index is 0.0126. The number of nitrogen functional groups attached to an aromatic ring is 1. The fourth-order valence-corrected chi connectivity index (χ4v) is 10.6. The van der Waals surface area contributed by atoms with E-state index in [4.69, 9.17) is 38.0 Å². The third-order valence-electron chi connectivity index (χ3n) is 9.03. The Morgan fingerprint density at radius 2 is 1.64 bits per heavy atom.